The van der Waals surface area contributed by atoms with E-state index in [2.05, 4.69) is 10.3 Å². The van der Waals surface area contributed by atoms with Gasteiger partial charge in [-0.25, -0.2) is 4.98 Å². The lowest BCUT2D eigenvalue weighted by Gasteiger charge is -2.32. The summed E-state index contributed by atoms with van der Waals surface area (Å²) >= 11 is 0. The Morgan fingerprint density at radius 2 is 2.15 bits per heavy atom. The first kappa shape index (κ1) is 14.8. The molecule has 1 aromatic heterocycles. The Bertz CT molecular complexity index is 439. The van der Waals surface area contributed by atoms with E-state index in [-0.39, 0.29) is 11.4 Å². The van der Waals surface area contributed by atoms with Gasteiger partial charge in [-0.1, -0.05) is 19.3 Å². The minimum atomic E-state index is -0.332. The number of rotatable bonds is 5. The van der Waals surface area contributed by atoms with E-state index in [0.29, 0.717) is 24.6 Å². The van der Waals surface area contributed by atoms with E-state index < -0.39 is 0 Å². The summed E-state index contributed by atoms with van der Waals surface area (Å²) < 4.78 is 5.26. The van der Waals surface area contributed by atoms with Gasteiger partial charge in [-0.05, 0) is 25.8 Å². The normalized spacial score (nSPS) is 17.5. The number of aromatic nitrogens is 1. The molecule has 5 heteroatoms. The maximum absolute atomic E-state index is 12.0. The molecule has 0 saturated heterocycles. The molecule has 0 aromatic carbocycles. The Balaban J connectivity index is 1.87. The van der Waals surface area contributed by atoms with Crippen molar-refractivity contribution in [3.8, 4) is 5.88 Å². The number of nitrogens with two attached hydrogens (primary N) is 1. The van der Waals surface area contributed by atoms with Crippen LogP contribution in [0.3, 0.4) is 0 Å². The van der Waals surface area contributed by atoms with Gasteiger partial charge >= 0.3 is 0 Å². The highest BCUT2D eigenvalue weighted by atomic mass is 16.5. The first-order valence-electron chi connectivity index (χ1n) is 7.29. The predicted octanol–water partition coefficient (Wildman–Crippen LogP) is 2.47. The van der Waals surface area contributed by atoms with Gasteiger partial charge in [0.25, 0.3) is 0 Å². The standard InChI is InChI=1S/C15H23N3O2/c1-2-20-14-7-6-12(11-17-14)18-13(19)10-15(16)8-4-3-5-9-15/h6-7,11H,2-5,8-10,16H2,1H3,(H,18,19). The SMILES string of the molecule is CCOc1ccc(NC(=O)CC2(N)CCCCC2)cn1. The van der Waals surface area contributed by atoms with Crippen LogP contribution in [-0.4, -0.2) is 23.0 Å². The summed E-state index contributed by atoms with van der Waals surface area (Å²) in [7, 11) is 0. The van der Waals surface area contributed by atoms with Gasteiger partial charge in [0.15, 0.2) is 0 Å². The summed E-state index contributed by atoms with van der Waals surface area (Å²) in [5, 5.41) is 2.85. The van der Waals surface area contributed by atoms with E-state index in [0.717, 1.165) is 25.7 Å². The highest BCUT2D eigenvalue weighted by molar-refractivity contribution is 5.91. The van der Waals surface area contributed by atoms with Crippen LogP contribution in [0.25, 0.3) is 0 Å². The number of hydrogen-bond acceptors (Lipinski definition) is 4. The van der Waals surface area contributed by atoms with Crippen LogP contribution in [0, 0.1) is 0 Å². The second-order valence-electron chi connectivity index (χ2n) is 5.47. The van der Waals surface area contributed by atoms with Gasteiger partial charge in [0, 0.05) is 18.0 Å². The molecule has 1 aliphatic rings. The molecule has 20 heavy (non-hydrogen) atoms. The summed E-state index contributed by atoms with van der Waals surface area (Å²) in [4.78, 5) is 16.2. The number of pyridine rings is 1. The molecular formula is C15H23N3O2. The zero-order valence-electron chi connectivity index (χ0n) is 12.0. The molecule has 1 saturated carbocycles. The van der Waals surface area contributed by atoms with E-state index in [1.807, 2.05) is 6.92 Å². The smallest absolute Gasteiger partial charge is 0.226 e. The number of carbonyl (C=O) groups is 1. The Kier molecular flexibility index (Phi) is 4.95. The molecule has 0 unspecified atom stereocenters. The molecule has 0 atom stereocenters. The number of amides is 1. The van der Waals surface area contributed by atoms with Crippen molar-refractivity contribution in [2.24, 2.45) is 5.73 Å². The zero-order valence-corrected chi connectivity index (χ0v) is 12.0. The predicted molar refractivity (Wildman–Crippen MR) is 78.7 cm³/mol. The molecule has 3 N–H and O–H groups in total. The fourth-order valence-electron chi connectivity index (χ4n) is 2.65. The molecule has 1 heterocycles. The monoisotopic (exact) mass is 277 g/mol. The average molecular weight is 277 g/mol. The lowest BCUT2D eigenvalue weighted by molar-refractivity contribution is -0.117. The summed E-state index contributed by atoms with van der Waals surface area (Å²) in [6.07, 6.45) is 7.31. The molecule has 110 valence electrons. The Morgan fingerprint density at radius 1 is 1.40 bits per heavy atom. The largest absolute Gasteiger partial charge is 0.478 e. The molecule has 1 aromatic rings. The van der Waals surface area contributed by atoms with E-state index in [9.17, 15) is 4.79 Å². The third-order valence-corrected chi connectivity index (χ3v) is 3.67. The van der Waals surface area contributed by atoms with Crippen molar-refractivity contribution in [3.05, 3.63) is 18.3 Å². The molecule has 1 aliphatic carbocycles. The summed E-state index contributed by atoms with van der Waals surface area (Å²) in [6, 6.07) is 3.54. The lowest BCUT2D eigenvalue weighted by Crippen LogP contribution is -2.44. The van der Waals surface area contributed by atoms with Crippen molar-refractivity contribution < 1.29 is 9.53 Å². The Hall–Kier alpha value is -1.62. The highest BCUT2D eigenvalue weighted by Crippen LogP contribution is 2.29. The number of carbonyl (C=O) groups excluding carboxylic acids is 1. The zero-order chi connectivity index (χ0) is 14.4. The van der Waals surface area contributed by atoms with Crippen LogP contribution in [0.5, 0.6) is 5.88 Å². The van der Waals surface area contributed by atoms with Gasteiger partial charge < -0.3 is 15.8 Å². The fraction of sp³-hybridized carbons (Fsp3) is 0.600. The lowest BCUT2D eigenvalue weighted by atomic mass is 9.80. The van der Waals surface area contributed by atoms with Crippen molar-refractivity contribution in [1.29, 1.82) is 0 Å². The topological polar surface area (TPSA) is 77.2 Å². The fourth-order valence-corrected chi connectivity index (χ4v) is 2.65. The average Bonchev–Trinajstić information content (AvgIpc) is 2.41. The number of hydrogen-bond donors (Lipinski definition) is 2. The quantitative estimate of drug-likeness (QED) is 0.866. The van der Waals surface area contributed by atoms with E-state index in [1.165, 1.54) is 6.42 Å². The van der Waals surface area contributed by atoms with Gasteiger partial charge in [-0.2, -0.15) is 0 Å². The summed E-state index contributed by atoms with van der Waals surface area (Å²) in [5.74, 6) is 0.522. The van der Waals surface area contributed by atoms with Gasteiger partial charge in [0.1, 0.15) is 0 Å². The van der Waals surface area contributed by atoms with E-state index in [1.54, 1.807) is 18.3 Å². The Labute approximate surface area is 119 Å². The first-order chi connectivity index (χ1) is 9.61. The maximum atomic E-state index is 12.0. The van der Waals surface area contributed by atoms with E-state index >= 15 is 0 Å². The van der Waals surface area contributed by atoms with Gasteiger partial charge in [-0.15, -0.1) is 0 Å². The third-order valence-electron chi connectivity index (χ3n) is 3.67. The van der Waals surface area contributed by atoms with Crippen LogP contribution in [0.1, 0.15) is 45.4 Å². The van der Waals surface area contributed by atoms with Crippen molar-refractivity contribution in [3.63, 3.8) is 0 Å². The number of nitrogens with one attached hydrogen (secondary N) is 1. The second kappa shape index (κ2) is 6.70. The first-order valence-corrected chi connectivity index (χ1v) is 7.29. The number of ether oxygens (including phenoxy) is 1. The van der Waals surface area contributed by atoms with Crippen LogP contribution in [0.15, 0.2) is 18.3 Å². The Morgan fingerprint density at radius 3 is 2.75 bits per heavy atom. The number of anilines is 1. The minimum Gasteiger partial charge on any atom is -0.478 e. The molecule has 1 fully saturated rings. The molecule has 2 rings (SSSR count). The maximum Gasteiger partial charge on any atom is 0.226 e. The minimum absolute atomic E-state index is 0.0413. The summed E-state index contributed by atoms with van der Waals surface area (Å²) in [5.41, 5.74) is 6.63. The van der Waals surface area contributed by atoms with Crippen molar-refractivity contribution in [2.75, 3.05) is 11.9 Å². The summed E-state index contributed by atoms with van der Waals surface area (Å²) in [6.45, 7) is 2.48. The molecule has 0 radical (unpaired) electrons. The highest BCUT2D eigenvalue weighted by Gasteiger charge is 2.29. The van der Waals surface area contributed by atoms with Crippen molar-refractivity contribution >= 4 is 11.6 Å². The van der Waals surface area contributed by atoms with Gasteiger partial charge in [0.05, 0.1) is 18.5 Å². The second-order valence-corrected chi connectivity index (χ2v) is 5.47. The van der Waals surface area contributed by atoms with Gasteiger partial charge in [-0.3, -0.25) is 4.79 Å². The van der Waals surface area contributed by atoms with Gasteiger partial charge in [0.2, 0.25) is 11.8 Å². The molecule has 0 aliphatic heterocycles. The van der Waals surface area contributed by atoms with Crippen molar-refractivity contribution in [2.45, 2.75) is 51.0 Å². The molecule has 0 bridgehead atoms. The van der Waals surface area contributed by atoms with E-state index in [4.69, 9.17) is 10.5 Å². The van der Waals surface area contributed by atoms with Crippen LogP contribution in [0.2, 0.25) is 0 Å². The third kappa shape index (κ3) is 4.20. The molecule has 1 amide bonds. The molecule has 0 spiro atoms. The van der Waals surface area contributed by atoms with Crippen LogP contribution >= 0.6 is 0 Å². The molecule has 5 nitrogen and oxygen atoms in total. The van der Waals surface area contributed by atoms with Crippen molar-refractivity contribution in [1.82, 2.24) is 4.98 Å². The van der Waals surface area contributed by atoms with Crippen LogP contribution < -0.4 is 15.8 Å². The van der Waals surface area contributed by atoms with Crippen LogP contribution in [-0.2, 0) is 4.79 Å². The molecular weight excluding hydrogens is 254 g/mol. The van der Waals surface area contributed by atoms with Crippen LogP contribution in [0.4, 0.5) is 5.69 Å². The number of nitrogens with zero attached hydrogens (tertiary/aromatic N) is 1.